The lowest BCUT2D eigenvalue weighted by atomic mass is 9.74. The van der Waals surface area contributed by atoms with Gasteiger partial charge < -0.3 is 5.11 Å². The number of imide groups is 1. The maximum absolute atomic E-state index is 16.1. The molecule has 10 heteroatoms. The van der Waals surface area contributed by atoms with Gasteiger partial charge in [-0.25, -0.2) is 4.39 Å². The molecule has 38 heavy (non-hydrogen) atoms. The second kappa shape index (κ2) is 9.43. The van der Waals surface area contributed by atoms with Gasteiger partial charge in [-0.2, -0.15) is 13.2 Å². The van der Waals surface area contributed by atoms with Crippen LogP contribution in [0.2, 0.25) is 0 Å². The van der Waals surface area contributed by atoms with Crippen LogP contribution in [0.15, 0.2) is 54.7 Å². The summed E-state index contributed by atoms with van der Waals surface area (Å²) in [5.41, 5.74) is -2.34. The molecule has 2 aromatic carbocycles. The molecule has 1 aromatic heterocycles. The Bertz CT molecular complexity index is 1390. The van der Waals surface area contributed by atoms with Gasteiger partial charge in [0.05, 0.1) is 17.0 Å². The molecule has 5 rings (SSSR count). The van der Waals surface area contributed by atoms with Crippen molar-refractivity contribution in [3.8, 4) is 0 Å². The Hall–Kier alpha value is -3.37. The van der Waals surface area contributed by atoms with Crippen LogP contribution in [-0.2, 0) is 27.9 Å². The highest BCUT2D eigenvalue weighted by Crippen LogP contribution is 2.44. The summed E-state index contributed by atoms with van der Waals surface area (Å²) in [6.07, 6.45) is -2.14. The lowest BCUT2D eigenvalue weighted by molar-refractivity contribution is -0.148. The number of benzene rings is 2. The zero-order valence-corrected chi connectivity index (χ0v) is 20.7. The Balaban J connectivity index is 1.36. The van der Waals surface area contributed by atoms with E-state index in [1.807, 2.05) is 0 Å². The first-order valence-electron chi connectivity index (χ1n) is 12.4. The summed E-state index contributed by atoms with van der Waals surface area (Å²) < 4.78 is 54.6. The molecule has 3 aromatic rings. The third-order valence-electron chi connectivity index (χ3n) is 7.68. The van der Waals surface area contributed by atoms with Crippen LogP contribution in [0.1, 0.15) is 54.4 Å². The van der Waals surface area contributed by atoms with Crippen molar-refractivity contribution in [3.05, 3.63) is 77.0 Å². The molecule has 2 N–H and O–H groups in total. The lowest BCUT2D eigenvalue weighted by Crippen LogP contribution is -2.58. The van der Waals surface area contributed by atoms with Gasteiger partial charge in [0, 0.05) is 37.6 Å². The molecule has 2 aliphatic rings. The van der Waals surface area contributed by atoms with Crippen molar-refractivity contribution in [1.82, 2.24) is 15.2 Å². The second-order valence-corrected chi connectivity index (χ2v) is 10.4. The number of aliphatic hydroxyl groups is 1. The van der Waals surface area contributed by atoms with Gasteiger partial charge in [-0.3, -0.25) is 24.8 Å². The van der Waals surface area contributed by atoms with Crippen molar-refractivity contribution in [2.45, 2.75) is 56.1 Å². The van der Waals surface area contributed by atoms with E-state index in [0.717, 1.165) is 12.1 Å². The number of hydrogen-bond donors (Lipinski definition) is 2. The summed E-state index contributed by atoms with van der Waals surface area (Å²) in [5, 5.41) is 14.6. The van der Waals surface area contributed by atoms with E-state index >= 15 is 4.39 Å². The minimum Gasteiger partial charge on any atom is -0.382 e. The third-order valence-corrected chi connectivity index (χ3v) is 7.68. The van der Waals surface area contributed by atoms with E-state index < -0.39 is 28.9 Å². The molecule has 3 heterocycles. The summed E-state index contributed by atoms with van der Waals surface area (Å²) in [6, 6.07) is 11.6. The normalized spacial score (nSPS) is 26.9. The van der Waals surface area contributed by atoms with E-state index in [-0.39, 0.29) is 37.7 Å². The fraction of sp³-hybridized carbons (Fsp3) is 0.393. The molecule has 3 atom stereocenters. The van der Waals surface area contributed by atoms with Crippen LogP contribution in [0.25, 0.3) is 10.9 Å². The third kappa shape index (κ3) is 4.90. The van der Waals surface area contributed by atoms with E-state index in [0.29, 0.717) is 40.6 Å². The summed E-state index contributed by atoms with van der Waals surface area (Å²) in [4.78, 5) is 30.0. The predicted octanol–water partition coefficient (Wildman–Crippen LogP) is 4.60. The van der Waals surface area contributed by atoms with Crippen LogP contribution in [0.5, 0.6) is 0 Å². The van der Waals surface area contributed by atoms with E-state index in [2.05, 4.69) is 10.3 Å². The Morgan fingerprint density at radius 1 is 1.13 bits per heavy atom. The molecule has 0 aliphatic carbocycles. The molecule has 2 aliphatic heterocycles. The summed E-state index contributed by atoms with van der Waals surface area (Å²) >= 11 is 0. The summed E-state index contributed by atoms with van der Waals surface area (Å²) in [7, 11) is 0. The standard InChI is InChI=1S/C28H27F4N3O3/c1-26(29)16-35(15-17-2-4-20(5-3-17)28(30,31)32)11-10-27(26,38)21-6-8-23-18(13-21)12-19(14-33-23)22-7-9-24(36)34-25(22)37/h2-6,8,12-14,22,38H,7,9-11,15-16H2,1H3,(H,34,36,37)/t22-,26-,27+/m0/s1. The Kier molecular flexibility index (Phi) is 6.51. The maximum Gasteiger partial charge on any atom is 0.416 e. The molecule has 2 fully saturated rings. The number of carbonyl (C=O) groups is 2. The van der Waals surface area contributed by atoms with Crippen LogP contribution >= 0.6 is 0 Å². The predicted molar refractivity (Wildman–Crippen MR) is 132 cm³/mol. The fourth-order valence-electron chi connectivity index (χ4n) is 5.46. The number of alkyl halides is 4. The average Bonchev–Trinajstić information content (AvgIpc) is 2.85. The molecule has 0 radical (unpaired) electrons. The van der Waals surface area contributed by atoms with Crippen molar-refractivity contribution in [1.29, 1.82) is 0 Å². The van der Waals surface area contributed by atoms with Crippen molar-refractivity contribution >= 4 is 22.7 Å². The number of pyridine rings is 1. The van der Waals surface area contributed by atoms with Crippen LogP contribution in [0.3, 0.4) is 0 Å². The van der Waals surface area contributed by atoms with E-state index in [9.17, 15) is 27.9 Å². The molecule has 0 bridgehead atoms. The molecule has 0 unspecified atom stereocenters. The van der Waals surface area contributed by atoms with Gasteiger partial charge in [-0.1, -0.05) is 18.2 Å². The highest BCUT2D eigenvalue weighted by molar-refractivity contribution is 6.01. The van der Waals surface area contributed by atoms with Gasteiger partial charge in [-0.15, -0.1) is 0 Å². The van der Waals surface area contributed by atoms with E-state index in [4.69, 9.17) is 0 Å². The number of halogens is 4. The van der Waals surface area contributed by atoms with Crippen molar-refractivity contribution in [2.75, 3.05) is 13.1 Å². The van der Waals surface area contributed by atoms with E-state index in [1.54, 1.807) is 35.4 Å². The van der Waals surface area contributed by atoms with Crippen LogP contribution < -0.4 is 5.32 Å². The number of nitrogens with zero attached hydrogens (tertiary/aromatic N) is 2. The van der Waals surface area contributed by atoms with Gasteiger partial charge in [-0.05, 0) is 66.8 Å². The van der Waals surface area contributed by atoms with Crippen molar-refractivity contribution < 1.29 is 32.3 Å². The first kappa shape index (κ1) is 26.2. The van der Waals surface area contributed by atoms with Crippen LogP contribution in [0.4, 0.5) is 17.6 Å². The Morgan fingerprint density at radius 3 is 2.53 bits per heavy atom. The van der Waals surface area contributed by atoms with Crippen LogP contribution in [0, 0.1) is 0 Å². The molecular weight excluding hydrogens is 502 g/mol. The number of fused-ring (bicyclic) bond motifs is 1. The number of aromatic nitrogens is 1. The number of likely N-dealkylation sites (tertiary alicyclic amines) is 1. The molecule has 2 amide bonds. The Labute approximate surface area is 216 Å². The fourth-order valence-corrected chi connectivity index (χ4v) is 5.46. The number of nitrogens with one attached hydrogen (secondary N) is 1. The summed E-state index contributed by atoms with van der Waals surface area (Å²) in [6.45, 7) is 1.81. The van der Waals surface area contributed by atoms with Gasteiger partial charge in [0.2, 0.25) is 11.8 Å². The number of rotatable bonds is 4. The topological polar surface area (TPSA) is 82.5 Å². The highest BCUT2D eigenvalue weighted by Gasteiger charge is 2.52. The van der Waals surface area contributed by atoms with Gasteiger partial charge >= 0.3 is 6.18 Å². The Morgan fingerprint density at radius 2 is 1.87 bits per heavy atom. The SMILES string of the molecule is C[C@]1(F)CN(Cc2ccc(C(F)(F)F)cc2)CC[C@@]1(O)c1ccc2ncc([C@@H]3CCC(=O)NC3=O)cc2c1. The van der Waals surface area contributed by atoms with Gasteiger partial charge in [0.25, 0.3) is 0 Å². The first-order chi connectivity index (χ1) is 17.9. The van der Waals surface area contributed by atoms with Crippen LogP contribution in [-0.4, -0.2) is 45.6 Å². The highest BCUT2D eigenvalue weighted by atomic mass is 19.4. The molecule has 0 saturated carbocycles. The molecule has 2 saturated heterocycles. The van der Waals surface area contributed by atoms with E-state index in [1.165, 1.54) is 19.1 Å². The smallest absolute Gasteiger partial charge is 0.382 e. The number of amides is 2. The molecular formula is C28H27F4N3O3. The van der Waals surface area contributed by atoms with Gasteiger partial charge in [0.1, 0.15) is 5.60 Å². The molecule has 6 nitrogen and oxygen atoms in total. The molecule has 0 spiro atoms. The number of piperidine rings is 2. The quantitative estimate of drug-likeness (QED) is 0.382. The first-order valence-corrected chi connectivity index (χ1v) is 12.4. The largest absolute Gasteiger partial charge is 0.416 e. The maximum atomic E-state index is 16.1. The second-order valence-electron chi connectivity index (χ2n) is 10.4. The minimum atomic E-state index is -4.42. The van der Waals surface area contributed by atoms with Crippen molar-refractivity contribution in [2.24, 2.45) is 0 Å². The minimum absolute atomic E-state index is 0.0758. The summed E-state index contributed by atoms with van der Waals surface area (Å²) in [5.74, 6) is -1.21. The zero-order chi connectivity index (χ0) is 27.3. The van der Waals surface area contributed by atoms with Crippen molar-refractivity contribution in [3.63, 3.8) is 0 Å². The monoisotopic (exact) mass is 529 g/mol. The number of carbonyl (C=O) groups excluding carboxylic acids is 2. The molecule has 200 valence electrons. The number of hydrogen-bond acceptors (Lipinski definition) is 5. The van der Waals surface area contributed by atoms with Gasteiger partial charge in [0.15, 0.2) is 5.67 Å². The zero-order valence-electron chi connectivity index (χ0n) is 20.7. The average molecular weight is 530 g/mol. The lowest BCUT2D eigenvalue weighted by Gasteiger charge is -2.47.